The highest BCUT2D eigenvalue weighted by molar-refractivity contribution is 7.08. The second-order valence-electron chi connectivity index (χ2n) is 4.48. The van der Waals surface area contributed by atoms with Crippen LogP contribution in [0.2, 0.25) is 0 Å². The molecule has 0 spiro atoms. The first-order valence-corrected chi connectivity index (χ1v) is 6.07. The number of aryl methyl sites for hydroxylation is 1. The van der Waals surface area contributed by atoms with E-state index in [1.165, 1.54) is 0 Å². The number of halogens is 2. The van der Waals surface area contributed by atoms with Gasteiger partial charge in [-0.15, -0.1) is 0 Å². The average molecular weight is 231 g/mol. The van der Waals surface area contributed by atoms with Gasteiger partial charge in [-0.2, -0.15) is 11.3 Å². The van der Waals surface area contributed by atoms with Gasteiger partial charge < -0.3 is 5.73 Å². The third kappa shape index (κ3) is 2.06. The first-order chi connectivity index (χ1) is 6.93. The topological polar surface area (TPSA) is 26.0 Å². The molecule has 0 aromatic carbocycles. The van der Waals surface area contributed by atoms with Gasteiger partial charge >= 0.3 is 0 Å². The first kappa shape index (κ1) is 11.0. The molecular formula is C11H15F2NS. The molecule has 1 nitrogen and oxygen atoms in total. The summed E-state index contributed by atoms with van der Waals surface area (Å²) in [5, 5.41) is 4.02. The zero-order chi connectivity index (χ0) is 11.1. The van der Waals surface area contributed by atoms with Crippen molar-refractivity contribution >= 4 is 11.3 Å². The van der Waals surface area contributed by atoms with Gasteiger partial charge in [0.15, 0.2) is 0 Å². The summed E-state index contributed by atoms with van der Waals surface area (Å²) in [7, 11) is 0. The molecule has 1 aromatic heterocycles. The van der Waals surface area contributed by atoms with Crippen molar-refractivity contribution < 1.29 is 8.78 Å². The summed E-state index contributed by atoms with van der Waals surface area (Å²) < 4.78 is 26.1. The van der Waals surface area contributed by atoms with Gasteiger partial charge in [-0.1, -0.05) is 0 Å². The lowest BCUT2D eigenvalue weighted by Crippen LogP contribution is -2.43. The molecule has 1 saturated carbocycles. The van der Waals surface area contributed by atoms with Gasteiger partial charge in [-0.3, -0.25) is 0 Å². The summed E-state index contributed by atoms with van der Waals surface area (Å²) in [5.74, 6) is -2.51. The number of nitrogens with two attached hydrogens (primary N) is 1. The molecule has 84 valence electrons. The van der Waals surface area contributed by atoms with Crippen molar-refractivity contribution in [2.45, 2.75) is 44.1 Å². The summed E-state index contributed by atoms with van der Waals surface area (Å²) in [5.41, 5.74) is 7.89. The van der Waals surface area contributed by atoms with Gasteiger partial charge in [0.05, 0.1) is 0 Å². The maximum absolute atomic E-state index is 13.0. The van der Waals surface area contributed by atoms with Crippen LogP contribution in [-0.4, -0.2) is 5.92 Å². The molecular weight excluding hydrogens is 216 g/mol. The zero-order valence-electron chi connectivity index (χ0n) is 8.72. The Balaban J connectivity index is 2.20. The maximum Gasteiger partial charge on any atom is 0.248 e. The predicted molar refractivity (Wildman–Crippen MR) is 58.3 cm³/mol. The number of hydrogen-bond donors (Lipinski definition) is 1. The summed E-state index contributed by atoms with van der Waals surface area (Å²) >= 11 is 1.59. The van der Waals surface area contributed by atoms with Crippen molar-refractivity contribution in [1.82, 2.24) is 0 Å². The zero-order valence-corrected chi connectivity index (χ0v) is 9.54. The third-order valence-corrected chi connectivity index (χ3v) is 4.13. The highest BCUT2D eigenvalue weighted by atomic mass is 32.1. The Kier molecular flexibility index (Phi) is 2.59. The van der Waals surface area contributed by atoms with Crippen molar-refractivity contribution in [3.05, 3.63) is 21.9 Å². The Labute approximate surface area is 92.3 Å². The maximum atomic E-state index is 13.0. The smallest absolute Gasteiger partial charge is 0.248 e. The minimum absolute atomic E-state index is 0.0845. The molecule has 0 unspecified atom stereocenters. The van der Waals surface area contributed by atoms with Gasteiger partial charge in [0.1, 0.15) is 0 Å². The summed E-state index contributed by atoms with van der Waals surface area (Å²) in [6.45, 7) is 1.99. The second-order valence-corrected chi connectivity index (χ2v) is 5.22. The minimum Gasteiger partial charge on any atom is -0.321 e. The van der Waals surface area contributed by atoms with Crippen LogP contribution in [0.25, 0.3) is 0 Å². The number of hydrogen-bond acceptors (Lipinski definition) is 2. The lowest BCUT2D eigenvalue weighted by atomic mass is 9.76. The molecule has 0 atom stereocenters. The van der Waals surface area contributed by atoms with Crippen LogP contribution in [0.1, 0.15) is 36.8 Å². The average Bonchev–Trinajstić information content (AvgIpc) is 2.58. The molecule has 0 radical (unpaired) electrons. The van der Waals surface area contributed by atoms with E-state index in [-0.39, 0.29) is 12.8 Å². The summed E-state index contributed by atoms with van der Waals surface area (Å²) in [6.07, 6.45) is 0.604. The van der Waals surface area contributed by atoms with E-state index in [2.05, 4.69) is 0 Å². The monoisotopic (exact) mass is 231 g/mol. The Hall–Kier alpha value is -0.480. The van der Waals surface area contributed by atoms with Crippen molar-refractivity contribution in [1.29, 1.82) is 0 Å². The van der Waals surface area contributed by atoms with Crippen molar-refractivity contribution in [3.63, 3.8) is 0 Å². The van der Waals surface area contributed by atoms with E-state index in [1.807, 2.05) is 17.7 Å². The Morgan fingerprint density at radius 1 is 1.20 bits per heavy atom. The van der Waals surface area contributed by atoms with Crippen LogP contribution in [0.15, 0.2) is 10.8 Å². The Bertz CT molecular complexity index is 349. The standard InChI is InChI=1S/C11H15F2NS/c1-8-6-15-7-9(8)10(14)2-4-11(12,13)5-3-10/h6-7H,2-5,14H2,1H3. The van der Waals surface area contributed by atoms with Crippen LogP contribution in [0.5, 0.6) is 0 Å². The SMILES string of the molecule is Cc1cscc1C1(N)CCC(F)(F)CC1. The second kappa shape index (κ2) is 3.52. The molecule has 4 heteroatoms. The number of thiophene rings is 1. The highest BCUT2D eigenvalue weighted by Gasteiger charge is 2.42. The van der Waals surface area contributed by atoms with Gasteiger partial charge in [-0.05, 0) is 41.7 Å². The fourth-order valence-electron chi connectivity index (χ4n) is 2.20. The molecule has 1 aromatic rings. The van der Waals surface area contributed by atoms with E-state index in [4.69, 9.17) is 5.73 Å². The summed E-state index contributed by atoms with van der Waals surface area (Å²) in [6, 6.07) is 0. The van der Waals surface area contributed by atoms with Crippen molar-refractivity contribution in [3.8, 4) is 0 Å². The van der Waals surface area contributed by atoms with Gasteiger partial charge in [0, 0.05) is 18.4 Å². The fraction of sp³-hybridized carbons (Fsp3) is 0.636. The number of alkyl halides is 2. The molecule has 1 aliphatic rings. The molecule has 1 fully saturated rings. The van der Waals surface area contributed by atoms with Crippen LogP contribution in [-0.2, 0) is 5.54 Å². The number of rotatable bonds is 1. The molecule has 0 saturated heterocycles. The molecule has 2 N–H and O–H groups in total. The molecule has 0 amide bonds. The van der Waals surface area contributed by atoms with Crippen LogP contribution in [0, 0.1) is 6.92 Å². The van der Waals surface area contributed by atoms with Crippen LogP contribution < -0.4 is 5.73 Å². The van der Waals surface area contributed by atoms with E-state index in [0.717, 1.165) is 11.1 Å². The first-order valence-electron chi connectivity index (χ1n) is 5.13. The Morgan fingerprint density at radius 2 is 1.80 bits per heavy atom. The van der Waals surface area contributed by atoms with E-state index in [9.17, 15) is 8.78 Å². The van der Waals surface area contributed by atoms with E-state index < -0.39 is 11.5 Å². The molecule has 2 rings (SSSR count). The van der Waals surface area contributed by atoms with Crippen LogP contribution in [0.4, 0.5) is 8.78 Å². The minimum atomic E-state index is -2.51. The van der Waals surface area contributed by atoms with Gasteiger partial charge in [-0.25, -0.2) is 8.78 Å². The predicted octanol–water partition coefficient (Wildman–Crippen LogP) is 3.42. The lowest BCUT2D eigenvalue weighted by molar-refractivity contribution is -0.0514. The van der Waals surface area contributed by atoms with Crippen LogP contribution in [0.3, 0.4) is 0 Å². The van der Waals surface area contributed by atoms with Gasteiger partial charge in [0.2, 0.25) is 5.92 Å². The fourth-order valence-corrected chi connectivity index (χ4v) is 3.16. The van der Waals surface area contributed by atoms with Crippen molar-refractivity contribution in [2.75, 3.05) is 0 Å². The van der Waals surface area contributed by atoms with Crippen LogP contribution >= 0.6 is 11.3 Å². The summed E-state index contributed by atoms with van der Waals surface area (Å²) in [4.78, 5) is 0. The molecule has 15 heavy (non-hydrogen) atoms. The third-order valence-electron chi connectivity index (χ3n) is 3.27. The quantitative estimate of drug-likeness (QED) is 0.787. The molecule has 0 bridgehead atoms. The normalized spacial score (nSPS) is 24.0. The molecule has 0 aliphatic heterocycles. The highest BCUT2D eigenvalue weighted by Crippen LogP contribution is 2.43. The largest absolute Gasteiger partial charge is 0.321 e. The van der Waals surface area contributed by atoms with Crippen molar-refractivity contribution in [2.24, 2.45) is 5.73 Å². The van der Waals surface area contributed by atoms with E-state index in [1.54, 1.807) is 11.3 Å². The molecule has 1 aliphatic carbocycles. The van der Waals surface area contributed by atoms with E-state index >= 15 is 0 Å². The van der Waals surface area contributed by atoms with E-state index in [0.29, 0.717) is 12.8 Å². The van der Waals surface area contributed by atoms with Gasteiger partial charge in [0.25, 0.3) is 0 Å². The molecule has 1 heterocycles. The Morgan fingerprint density at radius 3 is 2.27 bits per heavy atom. The lowest BCUT2D eigenvalue weighted by Gasteiger charge is -2.37.